The number of rotatable bonds is 4. The Morgan fingerprint density at radius 2 is 1.87 bits per heavy atom. The van der Waals surface area contributed by atoms with Crippen molar-refractivity contribution in [3.8, 4) is 11.6 Å². The van der Waals surface area contributed by atoms with E-state index in [9.17, 15) is 0 Å². The van der Waals surface area contributed by atoms with Crippen LogP contribution in [-0.4, -0.2) is 50.9 Å². The van der Waals surface area contributed by atoms with E-state index >= 15 is 0 Å². The van der Waals surface area contributed by atoms with Gasteiger partial charge < -0.3 is 9.64 Å². The molecule has 3 heterocycles. The van der Waals surface area contributed by atoms with Crippen molar-refractivity contribution in [1.29, 1.82) is 0 Å². The second kappa shape index (κ2) is 8.60. The summed E-state index contributed by atoms with van der Waals surface area (Å²) in [6, 6.07) is 12.4. The summed E-state index contributed by atoms with van der Waals surface area (Å²) < 4.78 is 8.39. The first kappa shape index (κ1) is 20.5. The Kier molecular flexibility index (Phi) is 5.67. The molecule has 1 aromatic carbocycles. The smallest absolute Gasteiger partial charge is 0.213 e. The predicted octanol–water partition coefficient (Wildman–Crippen LogP) is 4.45. The Morgan fingerprint density at radius 3 is 2.61 bits per heavy atom. The molecule has 0 unspecified atom stereocenters. The van der Waals surface area contributed by atoms with E-state index in [4.69, 9.17) is 21.4 Å². The number of benzene rings is 1. The number of hydrogen-bond donors (Lipinski definition) is 0. The van der Waals surface area contributed by atoms with Crippen LogP contribution in [-0.2, 0) is 12.8 Å². The van der Waals surface area contributed by atoms with Gasteiger partial charge in [-0.2, -0.15) is 0 Å². The number of halogens is 1. The van der Waals surface area contributed by atoms with Crippen LogP contribution >= 0.6 is 11.6 Å². The molecule has 162 valence electrons. The van der Waals surface area contributed by atoms with E-state index in [-0.39, 0.29) is 6.10 Å². The average molecular weight is 438 g/mol. The highest BCUT2D eigenvalue weighted by atomic mass is 35.5. The maximum Gasteiger partial charge on any atom is 0.213 e. The summed E-state index contributed by atoms with van der Waals surface area (Å²) in [5.74, 6) is 3.21. The predicted molar refractivity (Wildman–Crippen MR) is 121 cm³/mol. The standard InChI is InChI=1S/C24H28ClN5O/c1-29(2)19-14-17-13-18(25)8-11-21(17)30-22(15-19)27-28-24(30)16-6-9-20(10-7-16)31-23-5-3-4-12-26-23/h3-5,8,11-13,16,19-20H,6-7,9-10,14-15H2,1-2H3/t16?,19-,20?/m0/s1. The van der Waals surface area contributed by atoms with Crippen LogP contribution < -0.4 is 4.74 Å². The van der Waals surface area contributed by atoms with E-state index in [1.165, 1.54) is 11.3 Å². The quantitative estimate of drug-likeness (QED) is 0.603. The van der Waals surface area contributed by atoms with Crippen molar-refractivity contribution in [2.45, 2.75) is 56.6 Å². The molecule has 5 rings (SSSR count). The number of fused-ring (bicyclic) bond motifs is 3. The van der Waals surface area contributed by atoms with Crippen molar-refractivity contribution >= 4 is 11.6 Å². The second-order valence-electron chi connectivity index (χ2n) is 8.87. The molecule has 6 nitrogen and oxygen atoms in total. The highest BCUT2D eigenvalue weighted by molar-refractivity contribution is 6.30. The van der Waals surface area contributed by atoms with Crippen molar-refractivity contribution in [1.82, 2.24) is 24.6 Å². The van der Waals surface area contributed by atoms with Gasteiger partial charge in [0.1, 0.15) is 17.8 Å². The highest BCUT2D eigenvalue weighted by Crippen LogP contribution is 2.37. The fourth-order valence-electron chi connectivity index (χ4n) is 4.85. The molecule has 0 bridgehead atoms. The van der Waals surface area contributed by atoms with Crippen molar-refractivity contribution in [2.24, 2.45) is 0 Å². The summed E-state index contributed by atoms with van der Waals surface area (Å²) in [6.45, 7) is 0. The normalized spacial score (nSPS) is 23.2. The summed E-state index contributed by atoms with van der Waals surface area (Å²) >= 11 is 6.36. The summed E-state index contributed by atoms with van der Waals surface area (Å²) in [6.07, 6.45) is 7.89. The molecule has 31 heavy (non-hydrogen) atoms. The largest absolute Gasteiger partial charge is 0.474 e. The Labute approximate surface area is 188 Å². The van der Waals surface area contributed by atoms with Crippen molar-refractivity contribution < 1.29 is 4.74 Å². The first-order valence-electron chi connectivity index (χ1n) is 11.1. The van der Waals surface area contributed by atoms with Gasteiger partial charge in [0.2, 0.25) is 5.88 Å². The van der Waals surface area contributed by atoms with Crippen LogP contribution in [0.3, 0.4) is 0 Å². The van der Waals surface area contributed by atoms with Crippen LogP contribution in [0.25, 0.3) is 5.69 Å². The fraction of sp³-hybridized carbons (Fsp3) is 0.458. The van der Waals surface area contributed by atoms with Crippen molar-refractivity contribution in [3.63, 3.8) is 0 Å². The van der Waals surface area contributed by atoms with E-state index in [1.807, 2.05) is 24.3 Å². The minimum absolute atomic E-state index is 0.210. The molecule has 1 fully saturated rings. The van der Waals surface area contributed by atoms with E-state index in [2.05, 4.69) is 45.8 Å². The highest BCUT2D eigenvalue weighted by Gasteiger charge is 2.32. The zero-order chi connectivity index (χ0) is 21.4. The Morgan fingerprint density at radius 1 is 1.03 bits per heavy atom. The molecule has 0 saturated heterocycles. The monoisotopic (exact) mass is 437 g/mol. The molecular formula is C24H28ClN5O. The number of nitrogens with zero attached hydrogens (tertiary/aromatic N) is 5. The first-order valence-corrected chi connectivity index (χ1v) is 11.4. The zero-order valence-corrected chi connectivity index (χ0v) is 18.8. The van der Waals surface area contributed by atoms with Crippen molar-refractivity contribution in [2.75, 3.05) is 14.1 Å². The van der Waals surface area contributed by atoms with Gasteiger partial charge in [0, 0.05) is 35.7 Å². The molecule has 0 spiro atoms. The molecule has 1 saturated carbocycles. The molecule has 2 aliphatic rings. The van der Waals surface area contributed by atoms with E-state index < -0.39 is 0 Å². The van der Waals surface area contributed by atoms with E-state index in [0.717, 1.165) is 55.2 Å². The Hall–Kier alpha value is -2.44. The van der Waals surface area contributed by atoms with Gasteiger partial charge >= 0.3 is 0 Å². The number of ether oxygens (including phenoxy) is 1. The molecule has 0 radical (unpaired) electrons. The maximum atomic E-state index is 6.36. The zero-order valence-electron chi connectivity index (χ0n) is 18.0. The first-order chi connectivity index (χ1) is 15.1. The number of pyridine rings is 1. The third-order valence-electron chi connectivity index (χ3n) is 6.61. The van der Waals surface area contributed by atoms with Gasteiger partial charge in [-0.05, 0) is 76.0 Å². The Balaban J connectivity index is 1.40. The molecule has 1 aliphatic carbocycles. The van der Waals surface area contributed by atoms with Gasteiger partial charge in [-0.3, -0.25) is 4.57 Å². The number of hydrogen-bond acceptors (Lipinski definition) is 5. The maximum absolute atomic E-state index is 6.36. The lowest BCUT2D eigenvalue weighted by Gasteiger charge is -2.28. The number of likely N-dealkylation sites (N-methyl/N-ethyl adjacent to an activating group) is 1. The van der Waals surface area contributed by atoms with Gasteiger partial charge in [0.05, 0.1) is 5.69 Å². The molecule has 2 aromatic heterocycles. The average Bonchev–Trinajstić information content (AvgIpc) is 3.10. The molecular weight excluding hydrogens is 410 g/mol. The van der Waals surface area contributed by atoms with Crippen LogP contribution in [0.5, 0.6) is 5.88 Å². The SMILES string of the molecule is CN(C)[C@H]1Cc2cc(Cl)ccc2-n2c(nnc2C2CCC(Oc3ccccn3)CC2)C1. The third-order valence-corrected chi connectivity index (χ3v) is 6.84. The third kappa shape index (κ3) is 4.19. The van der Waals surface area contributed by atoms with Gasteiger partial charge in [-0.15, -0.1) is 10.2 Å². The lowest BCUT2D eigenvalue weighted by Crippen LogP contribution is -2.31. The van der Waals surface area contributed by atoms with Crippen LogP contribution in [0.2, 0.25) is 5.02 Å². The lowest BCUT2D eigenvalue weighted by molar-refractivity contribution is 0.139. The summed E-state index contributed by atoms with van der Waals surface area (Å²) in [5.41, 5.74) is 2.44. The van der Waals surface area contributed by atoms with Crippen LogP contribution in [0.1, 0.15) is 48.8 Å². The van der Waals surface area contributed by atoms with Gasteiger partial charge in [-0.25, -0.2) is 4.98 Å². The van der Waals surface area contributed by atoms with Crippen LogP contribution in [0, 0.1) is 0 Å². The Bertz CT molecular complexity index is 1040. The second-order valence-corrected chi connectivity index (χ2v) is 9.30. The molecule has 3 aromatic rings. The van der Waals surface area contributed by atoms with Crippen LogP contribution in [0.4, 0.5) is 0 Å². The minimum Gasteiger partial charge on any atom is -0.474 e. The molecule has 1 aliphatic heterocycles. The topological polar surface area (TPSA) is 56.1 Å². The summed E-state index contributed by atoms with van der Waals surface area (Å²) in [7, 11) is 4.26. The molecule has 0 N–H and O–H groups in total. The van der Waals surface area contributed by atoms with Gasteiger partial charge in [-0.1, -0.05) is 17.7 Å². The van der Waals surface area contributed by atoms with E-state index in [1.54, 1.807) is 6.20 Å². The lowest BCUT2D eigenvalue weighted by atomic mass is 9.86. The fourth-order valence-corrected chi connectivity index (χ4v) is 5.05. The summed E-state index contributed by atoms with van der Waals surface area (Å²) in [5, 5.41) is 10.1. The minimum atomic E-state index is 0.210. The van der Waals surface area contributed by atoms with E-state index in [0.29, 0.717) is 17.8 Å². The molecule has 7 heteroatoms. The van der Waals surface area contributed by atoms with Gasteiger partial charge in [0.25, 0.3) is 0 Å². The van der Waals surface area contributed by atoms with Crippen molar-refractivity contribution in [3.05, 3.63) is 64.8 Å². The molecule has 0 amide bonds. The van der Waals surface area contributed by atoms with Crippen LogP contribution in [0.15, 0.2) is 42.6 Å². The van der Waals surface area contributed by atoms with Gasteiger partial charge in [0.15, 0.2) is 0 Å². The summed E-state index contributed by atoms with van der Waals surface area (Å²) in [4.78, 5) is 6.57. The number of aromatic nitrogens is 4. The molecule has 1 atom stereocenters.